The minimum absolute atomic E-state index is 0.303. The summed E-state index contributed by atoms with van der Waals surface area (Å²) < 4.78 is 0. The van der Waals surface area contributed by atoms with Crippen molar-refractivity contribution < 1.29 is 4.79 Å². The third kappa shape index (κ3) is 0.989. The number of primary amides is 1. The van der Waals surface area contributed by atoms with Crippen LogP contribution >= 0.6 is 0 Å². The van der Waals surface area contributed by atoms with E-state index in [0.717, 1.165) is 0 Å². The Balaban J connectivity index is 1.92. The molecule has 3 heteroatoms. The number of hydrogen-bond donors (Lipinski definition) is 2. The molecule has 2 fully saturated rings. The van der Waals surface area contributed by atoms with Crippen molar-refractivity contribution in [3.8, 4) is 0 Å². The van der Waals surface area contributed by atoms with E-state index in [9.17, 15) is 4.79 Å². The molecule has 74 valence electrons. The molecule has 0 saturated carbocycles. The summed E-state index contributed by atoms with van der Waals surface area (Å²) in [6, 6.07) is 1.20. The molecule has 0 aromatic carbocycles. The summed E-state index contributed by atoms with van der Waals surface area (Å²) in [6.45, 7) is 0. The maximum absolute atomic E-state index is 11.0. The molecule has 3 N–H and O–H groups in total. The fourth-order valence-corrected chi connectivity index (χ4v) is 3.08. The van der Waals surface area contributed by atoms with Crippen LogP contribution in [0.5, 0.6) is 0 Å². The lowest BCUT2D eigenvalue weighted by Gasteiger charge is -2.27. The Labute approximate surface area is 83.0 Å². The van der Waals surface area contributed by atoms with Gasteiger partial charge >= 0.3 is 0 Å². The normalized spacial score (nSPS) is 43.6. The highest BCUT2D eigenvalue weighted by molar-refractivity contribution is 5.95. The lowest BCUT2D eigenvalue weighted by Crippen LogP contribution is -2.28. The molecule has 2 bridgehead atoms. The predicted octanol–water partition coefficient (Wildman–Crippen LogP) is 0.334. The zero-order chi connectivity index (χ0) is 9.71. The van der Waals surface area contributed by atoms with Crippen molar-refractivity contribution in [1.29, 1.82) is 0 Å². The molecule has 14 heavy (non-hydrogen) atoms. The van der Waals surface area contributed by atoms with Gasteiger partial charge in [-0.25, -0.2) is 0 Å². The van der Waals surface area contributed by atoms with Gasteiger partial charge in [0.15, 0.2) is 0 Å². The van der Waals surface area contributed by atoms with Crippen LogP contribution in [0.3, 0.4) is 0 Å². The van der Waals surface area contributed by atoms with Crippen LogP contribution in [0.1, 0.15) is 12.8 Å². The van der Waals surface area contributed by atoms with Crippen LogP contribution in [0.2, 0.25) is 0 Å². The molecule has 0 radical (unpaired) electrons. The van der Waals surface area contributed by atoms with Gasteiger partial charge in [0.1, 0.15) is 0 Å². The maximum Gasteiger partial charge on any atom is 0.248 e. The van der Waals surface area contributed by atoms with Gasteiger partial charge in [-0.3, -0.25) is 4.79 Å². The number of carbonyl (C=O) groups is 1. The van der Waals surface area contributed by atoms with Gasteiger partial charge in [-0.1, -0.05) is 18.2 Å². The first-order chi connectivity index (χ1) is 6.75. The molecular weight excluding hydrogens is 176 g/mol. The summed E-state index contributed by atoms with van der Waals surface area (Å²) in [7, 11) is 0. The van der Waals surface area contributed by atoms with Gasteiger partial charge in [-0.2, -0.15) is 0 Å². The third-order valence-corrected chi connectivity index (χ3v) is 3.75. The van der Waals surface area contributed by atoms with Gasteiger partial charge < -0.3 is 11.1 Å². The number of nitrogens with one attached hydrogen (secondary N) is 1. The van der Waals surface area contributed by atoms with Crippen LogP contribution in [0.25, 0.3) is 0 Å². The Morgan fingerprint density at radius 1 is 1.36 bits per heavy atom. The monoisotopic (exact) mass is 190 g/mol. The first-order valence-electron chi connectivity index (χ1n) is 5.21. The maximum atomic E-state index is 11.0. The largest absolute Gasteiger partial charge is 0.366 e. The number of carbonyl (C=O) groups excluding carboxylic acids is 1. The molecule has 2 saturated heterocycles. The van der Waals surface area contributed by atoms with Crippen molar-refractivity contribution in [2.45, 2.75) is 24.9 Å². The molecule has 3 aliphatic rings. The second-order valence-corrected chi connectivity index (χ2v) is 4.46. The quantitative estimate of drug-likeness (QED) is 0.626. The van der Waals surface area contributed by atoms with Crippen molar-refractivity contribution in [2.75, 3.05) is 0 Å². The zero-order valence-electron chi connectivity index (χ0n) is 7.94. The van der Waals surface area contributed by atoms with Crippen LogP contribution < -0.4 is 11.1 Å². The van der Waals surface area contributed by atoms with E-state index in [2.05, 4.69) is 17.5 Å². The minimum Gasteiger partial charge on any atom is -0.366 e. The van der Waals surface area contributed by atoms with E-state index in [1.807, 2.05) is 6.08 Å². The van der Waals surface area contributed by atoms with Gasteiger partial charge in [0.2, 0.25) is 5.91 Å². The summed E-state index contributed by atoms with van der Waals surface area (Å²) in [5, 5.41) is 3.58. The highest BCUT2D eigenvalue weighted by Gasteiger charge is 2.46. The Hall–Kier alpha value is -1.09. The molecule has 0 aromatic rings. The SMILES string of the molecule is NC(=O)C1=CC2C3CCC(N3)C2C=C1. The molecule has 0 spiro atoms. The molecule has 1 amide bonds. The predicted molar refractivity (Wildman–Crippen MR) is 53.3 cm³/mol. The summed E-state index contributed by atoms with van der Waals surface area (Å²) in [5.74, 6) is 0.792. The van der Waals surface area contributed by atoms with E-state index in [1.165, 1.54) is 12.8 Å². The van der Waals surface area contributed by atoms with E-state index >= 15 is 0 Å². The second-order valence-electron chi connectivity index (χ2n) is 4.46. The van der Waals surface area contributed by atoms with Crippen LogP contribution in [0.4, 0.5) is 0 Å². The van der Waals surface area contributed by atoms with Gasteiger partial charge in [-0.15, -0.1) is 0 Å². The number of fused-ring (bicyclic) bond motifs is 5. The third-order valence-electron chi connectivity index (χ3n) is 3.75. The van der Waals surface area contributed by atoms with Crippen molar-refractivity contribution in [1.82, 2.24) is 5.32 Å². The van der Waals surface area contributed by atoms with Gasteiger partial charge in [-0.05, 0) is 12.8 Å². The summed E-state index contributed by atoms with van der Waals surface area (Å²) >= 11 is 0. The molecule has 0 aromatic heterocycles. The summed E-state index contributed by atoms with van der Waals surface area (Å²) in [6.07, 6.45) is 8.61. The van der Waals surface area contributed by atoms with Crippen LogP contribution in [0, 0.1) is 11.8 Å². The zero-order valence-corrected chi connectivity index (χ0v) is 7.94. The fourth-order valence-electron chi connectivity index (χ4n) is 3.08. The topological polar surface area (TPSA) is 55.1 Å². The lowest BCUT2D eigenvalue weighted by atomic mass is 9.76. The number of amides is 1. The second kappa shape index (κ2) is 2.70. The van der Waals surface area contributed by atoms with Gasteiger partial charge in [0, 0.05) is 29.5 Å². The molecule has 3 rings (SSSR count). The van der Waals surface area contributed by atoms with E-state index < -0.39 is 0 Å². The minimum atomic E-state index is -0.303. The van der Waals surface area contributed by atoms with E-state index in [0.29, 0.717) is 29.5 Å². The average molecular weight is 190 g/mol. The van der Waals surface area contributed by atoms with Crippen molar-refractivity contribution in [3.63, 3.8) is 0 Å². The summed E-state index contributed by atoms with van der Waals surface area (Å²) in [4.78, 5) is 11.0. The van der Waals surface area contributed by atoms with E-state index in [-0.39, 0.29) is 5.91 Å². The molecule has 1 aliphatic carbocycles. The van der Waals surface area contributed by atoms with Crippen LogP contribution in [-0.4, -0.2) is 18.0 Å². The molecule has 4 atom stereocenters. The van der Waals surface area contributed by atoms with E-state index in [4.69, 9.17) is 5.73 Å². The highest BCUT2D eigenvalue weighted by atomic mass is 16.1. The summed E-state index contributed by atoms with van der Waals surface area (Å²) in [5.41, 5.74) is 5.95. The Morgan fingerprint density at radius 3 is 2.79 bits per heavy atom. The Bertz CT molecular complexity index is 345. The lowest BCUT2D eigenvalue weighted by molar-refractivity contribution is -0.114. The smallest absolute Gasteiger partial charge is 0.248 e. The highest BCUT2D eigenvalue weighted by Crippen LogP contribution is 2.42. The van der Waals surface area contributed by atoms with Crippen molar-refractivity contribution in [3.05, 3.63) is 23.8 Å². The molecule has 3 nitrogen and oxygen atoms in total. The fraction of sp³-hybridized carbons (Fsp3) is 0.545. The number of rotatable bonds is 1. The standard InChI is InChI=1S/C11H14N2O/c12-11(14)6-1-2-7-8(5-6)10-4-3-9(7)13-10/h1-2,5,7-10,13H,3-4H2,(H2,12,14). The van der Waals surface area contributed by atoms with Gasteiger partial charge in [0.25, 0.3) is 0 Å². The molecular formula is C11H14N2O. The van der Waals surface area contributed by atoms with E-state index in [1.54, 1.807) is 0 Å². The van der Waals surface area contributed by atoms with Gasteiger partial charge in [0.05, 0.1) is 0 Å². The number of hydrogen-bond acceptors (Lipinski definition) is 2. The first-order valence-corrected chi connectivity index (χ1v) is 5.21. The van der Waals surface area contributed by atoms with Crippen molar-refractivity contribution in [2.24, 2.45) is 17.6 Å². The Kier molecular flexibility index (Phi) is 1.59. The van der Waals surface area contributed by atoms with Crippen LogP contribution in [0.15, 0.2) is 23.8 Å². The molecule has 2 heterocycles. The Morgan fingerprint density at radius 2 is 2.07 bits per heavy atom. The first kappa shape index (κ1) is 8.24. The van der Waals surface area contributed by atoms with Crippen molar-refractivity contribution >= 4 is 5.91 Å². The average Bonchev–Trinajstić information content (AvgIpc) is 2.77. The van der Waals surface area contributed by atoms with Crippen LogP contribution in [-0.2, 0) is 4.79 Å². The number of nitrogens with two attached hydrogens (primary N) is 1. The molecule has 2 aliphatic heterocycles. The molecule has 4 unspecified atom stereocenters.